The molecule has 0 amide bonds. The van der Waals surface area contributed by atoms with Crippen LogP contribution in [0.3, 0.4) is 0 Å². The SMILES string of the molecule is COC(=O)C(=CN(C)C)c1cc(F)c(C#N)cc1C. The number of ether oxygens (including phenoxy) is 1. The summed E-state index contributed by atoms with van der Waals surface area (Å²) in [5.41, 5.74) is 1.25. The Morgan fingerprint density at radius 3 is 2.58 bits per heavy atom. The van der Waals surface area contributed by atoms with Gasteiger partial charge in [-0.2, -0.15) is 5.26 Å². The van der Waals surface area contributed by atoms with Gasteiger partial charge in [0, 0.05) is 20.3 Å². The molecule has 0 saturated carbocycles. The van der Waals surface area contributed by atoms with E-state index in [1.807, 2.05) is 0 Å². The largest absolute Gasteiger partial charge is 0.465 e. The Labute approximate surface area is 111 Å². The van der Waals surface area contributed by atoms with Crippen molar-refractivity contribution in [2.24, 2.45) is 0 Å². The van der Waals surface area contributed by atoms with Gasteiger partial charge in [-0.1, -0.05) is 0 Å². The number of methoxy groups -OCH3 is 1. The Morgan fingerprint density at radius 1 is 1.47 bits per heavy atom. The van der Waals surface area contributed by atoms with Crippen LogP contribution >= 0.6 is 0 Å². The van der Waals surface area contributed by atoms with Gasteiger partial charge in [0.1, 0.15) is 11.9 Å². The van der Waals surface area contributed by atoms with Gasteiger partial charge >= 0.3 is 5.97 Å². The molecule has 4 nitrogen and oxygen atoms in total. The number of benzene rings is 1. The highest BCUT2D eigenvalue weighted by atomic mass is 19.1. The van der Waals surface area contributed by atoms with Crippen molar-refractivity contribution in [2.75, 3.05) is 21.2 Å². The monoisotopic (exact) mass is 262 g/mol. The summed E-state index contributed by atoms with van der Waals surface area (Å²) < 4.78 is 18.4. The number of nitriles is 1. The van der Waals surface area contributed by atoms with Crippen LogP contribution in [0.15, 0.2) is 18.3 Å². The van der Waals surface area contributed by atoms with Crippen LogP contribution < -0.4 is 0 Å². The highest BCUT2D eigenvalue weighted by Crippen LogP contribution is 2.23. The number of carbonyl (C=O) groups excluding carboxylic acids is 1. The zero-order chi connectivity index (χ0) is 14.6. The van der Waals surface area contributed by atoms with E-state index in [1.54, 1.807) is 38.2 Å². The zero-order valence-electron chi connectivity index (χ0n) is 11.3. The number of esters is 1. The fraction of sp³-hybridized carbons (Fsp3) is 0.286. The Kier molecular flexibility index (Phi) is 4.65. The molecule has 0 aliphatic heterocycles. The first-order valence-electron chi connectivity index (χ1n) is 5.58. The minimum absolute atomic E-state index is 0.0460. The van der Waals surface area contributed by atoms with E-state index in [0.717, 1.165) is 0 Å². The molecule has 1 aromatic rings. The minimum atomic E-state index is -0.656. The average Bonchev–Trinajstić information content (AvgIpc) is 2.37. The van der Waals surface area contributed by atoms with Gasteiger partial charge in [-0.3, -0.25) is 0 Å². The van der Waals surface area contributed by atoms with E-state index in [0.29, 0.717) is 11.1 Å². The predicted octanol–water partition coefficient (Wildman–Crippen LogP) is 2.08. The van der Waals surface area contributed by atoms with Crippen molar-refractivity contribution in [3.8, 4) is 6.07 Å². The first-order chi connectivity index (χ1) is 8.90. The molecule has 100 valence electrons. The molecule has 0 atom stereocenters. The number of carbonyl (C=O) groups is 1. The van der Waals surface area contributed by atoms with E-state index in [9.17, 15) is 9.18 Å². The fourth-order valence-corrected chi connectivity index (χ4v) is 1.66. The van der Waals surface area contributed by atoms with E-state index in [-0.39, 0.29) is 11.1 Å². The topological polar surface area (TPSA) is 53.3 Å². The second-order valence-corrected chi connectivity index (χ2v) is 4.26. The Morgan fingerprint density at radius 2 is 2.11 bits per heavy atom. The molecule has 0 fully saturated rings. The van der Waals surface area contributed by atoms with Crippen LogP contribution in [0, 0.1) is 24.1 Å². The molecule has 0 aliphatic carbocycles. The summed E-state index contributed by atoms with van der Waals surface area (Å²) in [6.45, 7) is 1.71. The summed E-state index contributed by atoms with van der Waals surface area (Å²) in [7, 11) is 4.76. The van der Waals surface area contributed by atoms with E-state index in [1.165, 1.54) is 19.2 Å². The van der Waals surface area contributed by atoms with Crippen molar-refractivity contribution in [2.45, 2.75) is 6.92 Å². The van der Waals surface area contributed by atoms with Gasteiger partial charge in [0.25, 0.3) is 0 Å². The van der Waals surface area contributed by atoms with Gasteiger partial charge in [-0.05, 0) is 30.2 Å². The third kappa shape index (κ3) is 3.32. The van der Waals surface area contributed by atoms with E-state index < -0.39 is 11.8 Å². The van der Waals surface area contributed by atoms with Crippen LogP contribution in [-0.4, -0.2) is 32.1 Å². The molecule has 1 rings (SSSR count). The van der Waals surface area contributed by atoms with Crippen LogP contribution in [0.25, 0.3) is 5.57 Å². The van der Waals surface area contributed by atoms with Crippen molar-refractivity contribution < 1.29 is 13.9 Å². The molecule has 0 bridgehead atoms. The van der Waals surface area contributed by atoms with Crippen molar-refractivity contribution >= 4 is 11.5 Å². The summed E-state index contributed by atoms with van der Waals surface area (Å²) in [5.74, 6) is -1.21. The highest BCUT2D eigenvalue weighted by molar-refractivity contribution is 6.16. The number of hydrogen-bond acceptors (Lipinski definition) is 4. The number of rotatable bonds is 3. The third-order valence-electron chi connectivity index (χ3n) is 2.52. The lowest BCUT2D eigenvalue weighted by molar-refractivity contribution is -0.133. The third-order valence-corrected chi connectivity index (χ3v) is 2.52. The highest BCUT2D eigenvalue weighted by Gasteiger charge is 2.17. The Hall–Kier alpha value is -2.35. The van der Waals surface area contributed by atoms with Gasteiger partial charge in [-0.25, -0.2) is 9.18 Å². The van der Waals surface area contributed by atoms with E-state index in [4.69, 9.17) is 10.00 Å². The summed E-state index contributed by atoms with van der Waals surface area (Å²) >= 11 is 0. The smallest absolute Gasteiger partial charge is 0.339 e. The number of aryl methyl sites for hydroxylation is 1. The molecule has 5 heteroatoms. The van der Waals surface area contributed by atoms with Crippen LogP contribution in [0.4, 0.5) is 4.39 Å². The molecule has 0 aliphatic rings. The van der Waals surface area contributed by atoms with Gasteiger partial charge in [0.15, 0.2) is 0 Å². The maximum absolute atomic E-state index is 13.7. The van der Waals surface area contributed by atoms with Gasteiger partial charge in [0.2, 0.25) is 0 Å². The lowest BCUT2D eigenvalue weighted by Gasteiger charge is -2.13. The fourth-order valence-electron chi connectivity index (χ4n) is 1.66. The van der Waals surface area contributed by atoms with Crippen molar-refractivity contribution in [1.29, 1.82) is 5.26 Å². The van der Waals surface area contributed by atoms with Crippen LogP contribution in [0.2, 0.25) is 0 Å². The van der Waals surface area contributed by atoms with E-state index >= 15 is 0 Å². The van der Waals surface area contributed by atoms with Gasteiger partial charge in [0.05, 0.1) is 18.2 Å². The second kappa shape index (κ2) is 6.01. The van der Waals surface area contributed by atoms with Crippen LogP contribution in [0.1, 0.15) is 16.7 Å². The first kappa shape index (κ1) is 14.7. The molecule has 0 saturated heterocycles. The van der Waals surface area contributed by atoms with Crippen LogP contribution in [-0.2, 0) is 9.53 Å². The molecule has 0 unspecified atom stereocenters. The van der Waals surface area contributed by atoms with Crippen molar-refractivity contribution in [1.82, 2.24) is 4.90 Å². The normalized spacial score (nSPS) is 10.8. The van der Waals surface area contributed by atoms with Crippen LogP contribution in [0.5, 0.6) is 0 Å². The first-order valence-corrected chi connectivity index (χ1v) is 5.58. The molecular weight excluding hydrogens is 247 g/mol. The molecule has 0 heterocycles. The average molecular weight is 262 g/mol. The number of hydrogen-bond donors (Lipinski definition) is 0. The predicted molar refractivity (Wildman–Crippen MR) is 69.5 cm³/mol. The maximum Gasteiger partial charge on any atom is 0.339 e. The molecule has 0 N–H and O–H groups in total. The Bertz CT molecular complexity index is 572. The molecule has 19 heavy (non-hydrogen) atoms. The number of nitrogens with zero attached hydrogens (tertiary/aromatic N) is 2. The summed E-state index contributed by atoms with van der Waals surface area (Å²) in [6.07, 6.45) is 1.56. The lowest BCUT2D eigenvalue weighted by atomic mass is 9.98. The lowest BCUT2D eigenvalue weighted by Crippen LogP contribution is -2.11. The molecular formula is C14H15FN2O2. The van der Waals surface area contributed by atoms with Gasteiger partial charge in [-0.15, -0.1) is 0 Å². The standard InChI is InChI=1S/C14H15FN2O2/c1-9-5-10(7-16)13(15)6-11(9)12(8-17(2)3)14(18)19-4/h5-6,8H,1-4H3. The van der Waals surface area contributed by atoms with Crippen molar-refractivity contribution in [3.05, 3.63) is 40.8 Å². The zero-order valence-corrected chi connectivity index (χ0v) is 11.3. The van der Waals surface area contributed by atoms with E-state index in [2.05, 4.69) is 0 Å². The maximum atomic E-state index is 13.7. The van der Waals surface area contributed by atoms with Crippen molar-refractivity contribution in [3.63, 3.8) is 0 Å². The summed E-state index contributed by atoms with van der Waals surface area (Å²) in [6, 6.07) is 4.36. The van der Waals surface area contributed by atoms with Gasteiger partial charge < -0.3 is 9.64 Å². The quantitative estimate of drug-likeness (QED) is 0.618. The second-order valence-electron chi connectivity index (χ2n) is 4.26. The molecule has 1 aromatic carbocycles. The molecule has 0 spiro atoms. The molecule has 0 aromatic heterocycles. The number of halogens is 1. The molecule has 0 radical (unpaired) electrons. The summed E-state index contributed by atoms with van der Waals surface area (Å²) in [4.78, 5) is 13.4. The Balaban J connectivity index is 3.45. The minimum Gasteiger partial charge on any atom is -0.465 e. The summed E-state index contributed by atoms with van der Waals surface area (Å²) in [5, 5.41) is 8.77.